The summed E-state index contributed by atoms with van der Waals surface area (Å²) < 4.78 is 16.0. The van der Waals surface area contributed by atoms with Gasteiger partial charge in [0.15, 0.2) is 5.76 Å². The molecule has 0 radical (unpaired) electrons. The standard InChI is InChI=1S/C22H16O5/c1-2-14-5-7-15(8-6-14)12-20-21(23)17-10-9-16(13-19(17)27-20)26-22(24)18-4-3-11-25-18/h3-13H,2H2,1H3/b20-12+. The van der Waals surface area contributed by atoms with Crippen molar-refractivity contribution in [3.05, 3.63) is 89.1 Å². The summed E-state index contributed by atoms with van der Waals surface area (Å²) >= 11 is 0. The molecule has 4 rings (SSSR count). The molecular formula is C22H16O5. The summed E-state index contributed by atoms with van der Waals surface area (Å²) in [6.45, 7) is 2.09. The molecular weight excluding hydrogens is 344 g/mol. The molecule has 1 aliphatic heterocycles. The molecule has 0 atom stereocenters. The maximum absolute atomic E-state index is 12.5. The van der Waals surface area contributed by atoms with Gasteiger partial charge >= 0.3 is 5.97 Å². The lowest BCUT2D eigenvalue weighted by atomic mass is 10.1. The molecule has 0 fully saturated rings. The SMILES string of the molecule is CCc1ccc(/C=C2/Oc3cc(OC(=O)c4ccco4)ccc3C2=O)cc1. The first kappa shape index (κ1) is 16.8. The van der Waals surface area contributed by atoms with Crippen LogP contribution in [-0.4, -0.2) is 11.8 Å². The van der Waals surface area contributed by atoms with Crippen molar-refractivity contribution in [3.8, 4) is 11.5 Å². The van der Waals surface area contributed by atoms with Gasteiger partial charge in [-0.15, -0.1) is 0 Å². The Kier molecular flexibility index (Phi) is 4.34. The van der Waals surface area contributed by atoms with E-state index in [1.165, 1.54) is 24.0 Å². The number of ether oxygens (including phenoxy) is 2. The number of ketones is 1. The van der Waals surface area contributed by atoms with Crippen molar-refractivity contribution >= 4 is 17.8 Å². The molecule has 1 aliphatic rings. The number of hydrogen-bond donors (Lipinski definition) is 0. The van der Waals surface area contributed by atoms with Gasteiger partial charge < -0.3 is 13.9 Å². The third-order valence-corrected chi connectivity index (χ3v) is 4.26. The number of fused-ring (bicyclic) bond motifs is 1. The number of Topliss-reactive ketones (excluding diaryl/α,β-unsaturated/α-hetero) is 1. The average Bonchev–Trinajstić information content (AvgIpc) is 3.32. The number of carbonyl (C=O) groups excluding carboxylic acids is 2. The molecule has 2 heterocycles. The first-order chi connectivity index (χ1) is 13.1. The van der Waals surface area contributed by atoms with Gasteiger partial charge in [0.05, 0.1) is 11.8 Å². The largest absolute Gasteiger partial charge is 0.457 e. The molecule has 2 aromatic carbocycles. The van der Waals surface area contributed by atoms with Gasteiger partial charge in [-0.2, -0.15) is 0 Å². The Balaban J connectivity index is 1.54. The molecule has 5 heteroatoms. The number of hydrogen-bond acceptors (Lipinski definition) is 5. The zero-order chi connectivity index (χ0) is 18.8. The van der Waals surface area contributed by atoms with Crippen LogP contribution in [0.5, 0.6) is 11.5 Å². The molecule has 0 N–H and O–H groups in total. The maximum Gasteiger partial charge on any atom is 0.379 e. The van der Waals surface area contributed by atoms with Crippen LogP contribution in [0.3, 0.4) is 0 Å². The van der Waals surface area contributed by atoms with Crippen LogP contribution in [0.25, 0.3) is 6.08 Å². The van der Waals surface area contributed by atoms with Crippen LogP contribution in [-0.2, 0) is 6.42 Å². The van der Waals surface area contributed by atoms with Gasteiger partial charge in [0.1, 0.15) is 11.5 Å². The first-order valence-corrected chi connectivity index (χ1v) is 8.57. The van der Waals surface area contributed by atoms with Crippen LogP contribution in [0.15, 0.2) is 71.0 Å². The van der Waals surface area contributed by atoms with Crippen molar-refractivity contribution in [1.29, 1.82) is 0 Å². The number of benzene rings is 2. The van der Waals surface area contributed by atoms with E-state index in [1.54, 1.807) is 24.3 Å². The zero-order valence-electron chi connectivity index (χ0n) is 14.6. The lowest BCUT2D eigenvalue weighted by Crippen LogP contribution is -2.07. The summed E-state index contributed by atoms with van der Waals surface area (Å²) in [7, 11) is 0. The van der Waals surface area contributed by atoms with Gasteiger partial charge in [-0.1, -0.05) is 31.2 Å². The van der Waals surface area contributed by atoms with Crippen LogP contribution < -0.4 is 9.47 Å². The lowest BCUT2D eigenvalue weighted by Gasteiger charge is -2.04. The summed E-state index contributed by atoms with van der Waals surface area (Å²) in [5.74, 6) is 0.162. The fraction of sp³-hybridized carbons (Fsp3) is 0.0909. The lowest BCUT2D eigenvalue weighted by molar-refractivity contribution is 0.0701. The maximum atomic E-state index is 12.5. The van der Waals surface area contributed by atoms with E-state index in [1.807, 2.05) is 24.3 Å². The molecule has 0 aliphatic carbocycles. The predicted octanol–water partition coefficient (Wildman–Crippen LogP) is 4.68. The number of rotatable bonds is 4. The highest BCUT2D eigenvalue weighted by molar-refractivity contribution is 6.14. The van der Waals surface area contributed by atoms with Crippen molar-refractivity contribution in [2.75, 3.05) is 0 Å². The predicted molar refractivity (Wildman–Crippen MR) is 98.9 cm³/mol. The van der Waals surface area contributed by atoms with Gasteiger partial charge in [-0.3, -0.25) is 4.79 Å². The minimum atomic E-state index is -0.615. The van der Waals surface area contributed by atoms with Crippen LogP contribution >= 0.6 is 0 Å². The summed E-state index contributed by atoms with van der Waals surface area (Å²) in [5.41, 5.74) is 2.54. The van der Waals surface area contributed by atoms with Gasteiger partial charge in [0, 0.05) is 6.07 Å². The Bertz CT molecular complexity index is 1030. The fourth-order valence-corrected chi connectivity index (χ4v) is 2.78. The van der Waals surface area contributed by atoms with Crippen LogP contribution in [0, 0.1) is 0 Å². The number of allylic oxidation sites excluding steroid dienone is 1. The van der Waals surface area contributed by atoms with E-state index in [2.05, 4.69) is 6.92 Å². The monoisotopic (exact) mass is 360 g/mol. The number of aryl methyl sites for hydroxylation is 1. The minimum absolute atomic E-state index is 0.101. The molecule has 3 aromatic rings. The van der Waals surface area contributed by atoms with Crippen molar-refractivity contribution in [2.45, 2.75) is 13.3 Å². The van der Waals surface area contributed by atoms with E-state index in [-0.39, 0.29) is 23.1 Å². The molecule has 0 unspecified atom stereocenters. The molecule has 1 aromatic heterocycles. The van der Waals surface area contributed by atoms with Gasteiger partial charge in [0.2, 0.25) is 11.5 Å². The summed E-state index contributed by atoms with van der Waals surface area (Å²) in [5, 5.41) is 0. The van der Waals surface area contributed by atoms with Crippen molar-refractivity contribution in [2.24, 2.45) is 0 Å². The van der Waals surface area contributed by atoms with E-state index in [4.69, 9.17) is 13.9 Å². The highest BCUT2D eigenvalue weighted by atomic mass is 16.5. The summed E-state index contributed by atoms with van der Waals surface area (Å²) in [6.07, 6.45) is 4.05. The number of furan rings is 1. The van der Waals surface area contributed by atoms with E-state index < -0.39 is 5.97 Å². The fourth-order valence-electron chi connectivity index (χ4n) is 2.78. The molecule has 0 spiro atoms. The van der Waals surface area contributed by atoms with E-state index in [9.17, 15) is 9.59 Å². The number of esters is 1. The normalized spacial score (nSPS) is 14.1. The molecule has 0 saturated carbocycles. The second-order valence-electron chi connectivity index (χ2n) is 6.06. The Morgan fingerprint density at radius 1 is 1.11 bits per heavy atom. The Morgan fingerprint density at radius 2 is 1.93 bits per heavy atom. The molecule has 0 bridgehead atoms. The smallest absolute Gasteiger partial charge is 0.379 e. The molecule has 134 valence electrons. The zero-order valence-corrected chi connectivity index (χ0v) is 14.6. The second kappa shape index (κ2) is 6.96. The quantitative estimate of drug-likeness (QED) is 0.384. The third-order valence-electron chi connectivity index (χ3n) is 4.26. The van der Waals surface area contributed by atoms with Gasteiger partial charge in [0.25, 0.3) is 0 Å². The Hall–Kier alpha value is -3.60. The van der Waals surface area contributed by atoms with Crippen molar-refractivity contribution in [1.82, 2.24) is 0 Å². The van der Waals surface area contributed by atoms with Gasteiger partial charge in [-0.05, 0) is 47.9 Å². The first-order valence-electron chi connectivity index (χ1n) is 8.57. The van der Waals surface area contributed by atoms with Crippen LogP contribution in [0.1, 0.15) is 39.0 Å². The second-order valence-corrected chi connectivity index (χ2v) is 6.06. The molecule has 0 amide bonds. The molecule has 5 nitrogen and oxygen atoms in total. The van der Waals surface area contributed by atoms with E-state index >= 15 is 0 Å². The van der Waals surface area contributed by atoms with Crippen LogP contribution in [0.2, 0.25) is 0 Å². The van der Waals surface area contributed by atoms with Crippen molar-refractivity contribution in [3.63, 3.8) is 0 Å². The van der Waals surface area contributed by atoms with E-state index in [0.29, 0.717) is 11.3 Å². The Labute approximate surface area is 155 Å². The average molecular weight is 360 g/mol. The van der Waals surface area contributed by atoms with Gasteiger partial charge in [-0.25, -0.2) is 4.79 Å². The molecule has 27 heavy (non-hydrogen) atoms. The topological polar surface area (TPSA) is 65.7 Å². The third kappa shape index (κ3) is 3.40. The highest BCUT2D eigenvalue weighted by Crippen LogP contribution is 2.35. The molecule has 0 saturated heterocycles. The summed E-state index contributed by atoms with van der Waals surface area (Å²) in [6, 6.07) is 15.7. The minimum Gasteiger partial charge on any atom is -0.457 e. The van der Waals surface area contributed by atoms with Crippen LogP contribution in [0.4, 0.5) is 0 Å². The number of carbonyl (C=O) groups is 2. The van der Waals surface area contributed by atoms with E-state index in [0.717, 1.165) is 12.0 Å². The van der Waals surface area contributed by atoms with Crippen molar-refractivity contribution < 1.29 is 23.5 Å². The highest BCUT2D eigenvalue weighted by Gasteiger charge is 2.28. The summed E-state index contributed by atoms with van der Waals surface area (Å²) in [4.78, 5) is 24.5. The Morgan fingerprint density at radius 3 is 2.63 bits per heavy atom.